The molecule has 0 aliphatic rings. The van der Waals surface area contributed by atoms with Crippen molar-refractivity contribution in [3.8, 4) is 0 Å². The maximum Gasteiger partial charge on any atom is 0.407 e. The van der Waals surface area contributed by atoms with Crippen molar-refractivity contribution in [3.63, 3.8) is 0 Å². The summed E-state index contributed by atoms with van der Waals surface area (Å²) in [6, 6.07) is 5.34. The highest BCUT2D eigenvalue weighted by atomic mass is 32.2. The minimum atomic E-state index is -4.01. The summed E-state index contributed by atoms with van der Waals surface area (Å²) in [5.74, 6) is 0. The largest absolute Gasteiger partial charge is 0.445 e. The lowest BCUT2D eigenvalue weighted by molar-refractivity contribution is -0.156. The first-order chi connectivity index (χ1) is 12.8. The van der Waals surface area contributed by atoms with Crippen molar-refractivity contribution in [1.29, 1.82) is 0 Å². The first kappa shape index (κ1) is 23.1. The SMILES string of the molecule is C=CCOC(=O)NC(COS(=O)(=O)c1ccc(C)cc1)C(OCC)OCC. The van der Waals surface area contributed by atoms with Gasteiger partial charge < -0.3 is 19.5 Å². The molecule has 8 nitrogen and oxygen atoms in total. The van der Waals surface area contributed by atoms with Crippen LogP contribution in [0.15, 0.2) is 41.8 Å². The van der Waals surface area contributed by atoms with Crippen LogP contribution in [0.3, 0.4) is 0 Å². The van der Waals surface area contributed by atoms with E-state index in [9.17, 15) is 13.2 Å². The Labute approximate surface area is 160 Å². The molecule has 9 heteroatoms. The topological polar surface area (TPSA) is 100 Å². The molecule has 1 aromatic rings. The van der Waals surface area contributed by atoms with Crippen molar-refractivity contribution < 1.29 is 31.6 Å². The Kier molecular flexibility index (Phi) is 10.0. The van der Waals surface area contributed by atoms with Crippen molar-refractivity contribution in [2.75, 3.05) is 26.4 Å². The summed E-state index contributed by atoms with van der Waals surface area (Å²) < 4.78 is 45.7. The van der Waals surface area contributed by atoms with E-state index in [1.807, 2.05) is 6.92 Å². The fourth-order valence-corrected chi connectivity index (χ4v) is 2.99. The maximum atomic E-state index is 12.4. The standard InChI is InChI=1S/C18H27NO7S/c1-5-12-25-18(20)19-16(17(23-6-2)24-7-3)13-26-27(21,22)15-10-8-14(4)9-11-15/h5,8-11,16-17H,1,6-7,12-13H2,2-4H3,(H,19,20). The summed E-state index contributed by atoms with van der Waals surface area (Å²) >= 11 is 0. The normalized spacial score (nSPS) is 12.6. The van der Waals surface area contributed by atoms with Gasteiger partial charge in [0.15, 0.2) is 6.29 Å². The minimum absolute atomic E-state index is 0.00894. The molecule has 0 radical (unpaired) electrons. The fourth-order valence-electron chi connectivity index (χ4n) is 2.06. The number of ether oxygens (including phenoxy) is 3. The van der Waals surface area contributed by atoms with E-state index in [0.29, 0.717) is 13.2 Å². The number of amides is 1. The predicted octanol–water partition coefficient (Wildman–Crippen LogP) is 2.38. The number of nitrogens with one attached hydrogen (secondary N) is 1. The second-order valence-electron chi connectivity index (χ2n) is 5.47. The van der Waals surface area contributed by atoms with E-state index in [1.165, 1.54) is 18.2 Å². The van der Waals surface area contributed by atoms with Gasteiger partial charge in [-0.25, -0.2) is 4.79 Å². The van der Waals surface area contributed by atoms with Crippen LogP contribution in [0.4, 0.5) is 4.79 Å². The molecular weight excluding hydrogens is 374 g/mol. The van der Waals surface area contributed by atoms with E-state index < -0.39 is 28.5 Å². The number of benzene rings is 1. The summed E-state index contributed by atoms with van der Waals surface area (Å²) in [5.41, 5.74) is 0.922. The van der Waals surface area contributed by atoms with Crippen molar-refractivity contribution in [3.05, 3.63) is 42.5 Å². The van der Waals surface area contributed by atoms with Crippen LogP contribution in [-0.4, -0.2) is 53.3 Å². The lowest BCUT2D eigenvalue weighted by Crippen LogP contribution is -2.49. The Morgan fingerprint density at radius 3 is 2.30 bits per heavy atom. The van der Waals surface area contributed by atoms with Gasteiger partial charge in [-0.05, 0) is 32.9 Å². The van der Waals surface area contributed by atoms with Crippen LogP contribution in [-0.2, 0) is 28.5 Å². The highest BCUT2D eigenvalue weighted by Crippen LogP contribution is 2.15. The van der Waals surface area contributed by atoms with Gasteiger partial charge in [0.1, 0.15) is 12.6 Å². The molecule has 0 aliphatic heterocycles. The van der Waals surface area contributed by atoms with Crippen molar-refractivity contribution in [1.82, 2.24) is 5.32 Å². The quantitative estimate of drug-likeness (QED) is 0.326. The lowest BCUT2D eigenvalue weighted by Gasteiger charge is -2.26. The third-order valence-electron chi connectivity index (χ3n) is 3.34. The molecular formula is C18H27NO7S. The van der Waals surface area contributed by atoms with Gasteiger partial charge in [0, 0.05) is 13.2 Å². The van der Waals surface area contributed by atoms with Crippen LogP contribution in [0.1, 0.15) is 19.4 Å². The molecule has 1 unspecified atom stereocenters. The van der Waals surface area contributed by atoms with E-state index in [4.69, 9.17) is 18.4 Å². The number of alkyl carbamates (subject to hydrolysis) is 1. The third-order valence-corrected chi connectivity index (χ3v) is 4.63. The molecule has 1 atom stereocenters. The summed E-state index contributed by atoms with van der Waals surface area (Å²) in [6.45, 7) is 9.04. The second kappa shape index (κ2) is 11.7. The smallest absolute Gasteiger partial charge is 0.407 e. The Balaban J connectivity index is 2.88. The van der Waals surface area contributed by atoms with Crippen LogP contribution < -0.4 is 5.32 Å². The molecule has 0 saturated carbocycles. The van der Waals surface area contributed by atoms with Crippen LogP contribution in [0.5, 0.6) is 0 Å². The van der Waals surface area contributed by atoms with Crippen molar-refractivity contribution in [2.45, 2.75) is 38.0 Å². The highest BCUT2D eigenvalue weighted by Gasteiger charge is 2.28. The van der Waals surface area contributed by atoms with Crippen LogP contribution >= 0.6 is 0 Å². The zero-order chi connectivity index (χ0) is 20.3. The summed E-state index contributed by atoms with van der Waals surface area (Å²) in [5, 5.41) is 2.51. The van der Waals surface area contributed by atoms with Gasteiger partial charge in [-0.2, -0.15) is 8.42 Å². The Hall–Kier alpha value is -1.94. The molecule has 27 heavy (non-hydrogen) atoms. The molecule has 0 heterocycles. The van der Waals surface area contributed by atoms with Crippen molar-refractivity contribution in [2.24, 2.45) is 0 Å². The van der Waals surface area contributed by atoms with Gasteiger partial charge in [-0.15, -0.1) is 0 Å². The molecule has 0 bridgehead atoms. The van der Waals surface area contributed by atoms with Crippen LogP contribution in [0.25, 0.3) is 0 Å². The number of aryl methyl sites for hydroxylation is 1. The first-order valence-electron chi connectivity index (χ1n) is 8.57. The molecule has 0 spiro atoms. The average Bonchev–Trinajstić information content (AvgIpc) is 2.63. The second-order valence-corrected chi connectivity index (χ2v) is 7.08. The maximum absolute atomic E-state index is 12.4. The molecule has 0 saturated heterocycles. The summed E-state index contributed by atoms with van der Waals surface area (Å²) in [7, 11) is -4.01. The monoisotopic (exact) mass is 401 g/mol. The van der Waals surface area contributed by atoms with Gasteiger partial charge in [-0.1, -0.05) is 30.4 Å². The van der Waals surface area contributed by atoms with E-state index in [0.717, 1.165) is 5.56 Å². The van der Waals surface area contributed by atoms with Crippen LogP contribution in [0, 0.1) is 6.92 Å². The summed E-state index contributed by atoms with van der Waals surface area (Å²) in [4.78, 5) is 11.9. The molecule has 0 aromatic heterocycles. The molecule has 1 N–H and O–H groups in total. The molecule has 0 aliphatic carbocycles. The van der Waals surface area contributed by atoms with Gasteiger partial charge in [-0.3, -0.25) is 4.18 Å². The first-order valence-corrected chi connectivity index (χ1v) is 9.98. The molecule has 1 amide bonds. The summed E-state index contributed by atoms with van der Waals surface area (Å²) in [6.07, 6.45) is -0.250. The Bertz CT molecular complexity index is 682. The van der Waals surface area contributed by atoms with E-state index >= 15 is 0 Å². The van der Waals surface area contributed by atoms with Gasteiger partial charge in [0.2, 0.25) is 0 Å². The number of rotatable bonds is 12. The number of carbonyl (C=O) groups is 1. The molecule has 0 fully saturated rings. The molecule has 1 rings (SSSR count). The fraction of sp³-hybridized carbons (Fsp3) is 0.500. The number of hydrogen-bond donors (Lipinski definition) is 1. The Morgan fingerprint density at radius 2 is 1.78 bits per heavy atom. The predicted molar refractivity (Wildman–Crippen MR) is 99.8 cm³/mol. The zero-order valence-corrected chi connectivity index (χ0v) is 16.7. The number of hydrogen-bond acceptors (Lipinski definition) is 7. The third kappa shape index (κ3) is 8.08. The Morgan fingerprint density at radius 1 is 1.19 bits per heavy atom. The average molecular weight is 401 g/mol. The van der Waals surface area contributed by atoms with E-state index in [-0.39, 0.29) is 18.1 Å². The molecule has 1 aromatic carbocycles. The van der Waals surface area contributed by atoms with E-state index in [2.05, 4.69) is 11.9 Å². The zero-order valence-electron chi connectivity index (χ0n) is 15.8. The lowest BCUT2D eigenvalue weighted by atomic mass is 10.2. The highest BCUT2D eigenvalue weighted by molar-refractivity contribution is 7.86. The van der Waals surface area contributed by atoms with E-state index in [1.54, 1.807) is 26.0 Å². The number of carbonyl (C=O) groups excluding carboxylic acids is 1. The van der Waals surface area contributed by atoms with Crippen molar-refractivity contribution >= 4 is 16.2 Å². The molecule has 152 valence electrons. The minimum Gasteiger partial charge on any atom is -0.445 e. The van der Waals surface area contributed by atoms with Gasteiger partial charge in [0.25, 0.3) is 10.1 Å². The van der Waals surface area contributed by atoms with Crippen LogP contribution in [0.2, 0.25) is 0 Å². The van der Waals surface area contributed by atoms with Gasteiger partial charge in [0.05, 0.1) is 11.5 Å². The van der Waals surface area contributed by atoms with Gasteiger partial charge >= 0.3 is 6.09 Å².